The summed E-state index contributed by atoms with van der Waals surface area (Å²) >= 11 is 0. The van der Waals surface area contributed by atoms with Crippen molar-refractivity contribution in [3.05, 3.63) is 108 Å². The highest BCUT2D eigenvalue weighted by Gasteiger charge is 2.02. The minimum Gasteiger partial charge on any atom is -0.211 e. The Bertz CT molecular complexity index is 1220. The molecule has 0 aliphatic heterocycles. The molecule has 0 heterocycles. The lowest BCUT2D eigenvalue weighted by molar-refractivity contribution is 0.564. The topological polar surface area (TPSA) is 58.9 Å². The Labute approximate surface area is 205 Å². The molecule has 0 radical (unpaired) electrons. The molecule has 0 aliphatic rings. The smallest absolute Gasteiger partial charge is 0.211 e. The van der Waals surface area contributed by atoms with Crippen LogP contribution in [-0.4, -0.2) is 12.2 Å². The van der Waals surface area contributed by atoms with Crippen molar-refractivity contribution in [2.24, 2.45) is 9.98 Å². The van der Waals surface area contributed by atoms with Crippen molar-refractivity contribution in [1.29, 1.82) is 0 Å². The second-order valence-corrected chi connectivity index (χ2v) is 8.45. The third-order valence-corrected chi connectivity index (χ3v) is 6.09. The molecule has 0 atom stereocenters. The number of hydrogen-bond donors (Lipinski definition) is 0. The number of carbonyl (C=O) groups excluding carboxylic acids is 2. The molecule has 4 rings (SSSR count). The van der Waals surface area contributed by atoms with E-state index in [0.717, 1.165) is 35.1 Å². The normalized spacial score (nSPS) is 10.3. The van der Waals surface area contributed by atoms with E-state index in [4.69, 9.17) is 0 Å². The molecule has 4 aromatic carbocycles. The van der Waals surface area contributed by atoms with Crippen LogP contribution in [0.4, 0.5) is 11.4 Å². The van der Waals surface area contributed by atoms with Gasteiger partial charge in [-0.3, -0.25) is 0 Å². The third kappa shape index (κ3) is 6.82. The zero-order valence-corrected chi connectivity index (χ0v) is 19.5. The molecule has 0 spiro atoms. The zero-order chi connectivity index (χ0) is 24.3. The lowest BCUT2D eigenvalue weighted by atomic mass is 9.99. The summed E-state index contributed by atoms with van der Waals surface area (Å²) in [6.07, 6.45) is 8.83. The van der Waals surface area contributed by atoms with Crippen LogP contribution >= 0.6 is 0 Å². The molecule has 0 amide bonds. The summed E-state index contributed by atoms with van der Waals surface area (Å²) in [6.45, 7) is 0. The summed E-state index contributed by atoms with van der Waals surface area (Å²) in [7, 11) is 0. The molecule has 35 heavy (non-hydrogen) atoms. The first kappa shape index (κ1) is 23.8. The van der Waals surface area contributed by atoms with Crippen LogP contribution in [0.2, 0.25) is 0 Å². The van der Waals surface area contributed by atoms with E-state index in [2.05, 4.69) is 58.5 Å². The molecule has 0 fully saturated rings. The van der Waals surface area contributed by atoms with Crippen LogP contribution in [0.15, 0.2) is 107 Å². The van der Waals surface area contributed by atoms with Crippen LogP contribution < -0.4 is 0 Å². The van der Waals surface area contributed by atoms with Gasteiger partial charge in [0.05, 0.1) is 11.4 Å². The van der Waals surface area contributed by atoms with Crippen molar-refractivity contribution < 1.29 is 9.59 Å². The van der Waals surface area contributed by atoms with Gasteiger partial charge in [-0.05, 0) is 83.3 Å². The van der Waals surface area contributed by atoms with E-state index < -0.39 is 0 Å². The van der Waals surface area contributed by atoms with E-state index in [0.29, 0.717) is 11.4 Å². The Morgan fingerprint density at radius 2 is 0.743 bits per heavy atom. The average molecular weight is 459 g/mol. The highest BCUT2D eigenvalue weighted by atomic mass is 16.1. The number of aryl methyl sites for hydroxylation is 2. The van der Waals surface area contributed by atoms with Gasteiger partial charge >= 0.3 is 0 Å². The summed E-state index contributed by atoms with van der Waals surface area (Å²) in [6, 6.07) is 32.6. The summed E-state index contributed by atoms with van der Waals surface area (Å²) in [5, 5.41) is 0. The number of aliphatic imine (C=N–C) groups is 2. The van der Waals surface area contributed by atoms with E-state index in [1.54, 1.807) is 12.2 Å². The largest absolute Gasteiger partial charge is 0.240 e. The Morgan fingerprint density at radius 1 is 0.429 bits per heavy atom. The van der Waals surface area contributed by atoms with Crippen molar-refractivity contribution in [3.8, 4) is 22.3 Å². The van der Waals surface area contributed by atoms with Crippen molar-refractivity contribution in [1.82, 2.24) is 0 Å². The number of hydrogen-bond acceptors (Lipinski definition) is 4. The Morgan fingerprint density at radius 3 is 1.06 bits per heavy atom. The van der Waals surface area contributed by atoms with E-state index in [1.165, 1.54) is 30.4 Å². The van der Waals surface area contributed by atoms with Crippen molar-refractivity contribution >= 4 is 23.5 Å². The van der Waals surface area contributed by atoms with E-state index in [9.17, 15) is 9.59 Å². The first-order chi connectivity index (χ1) is 17.2. The van der Waals surface area contributed by atoms with Gasteiger partial charge < -0.3 is 0 Å². The molecule has 172 valence electrons. The maximum absolute atomic E-state index is 10.3. The summed E-state index contributed by atoms with van der Waals surface area (Å²) in [4.78, 5) is 28.0. The van der Waals surface area contributed by atoms with Gasteiger partial charge in [-0.2, -0.15) is 9.98 Å². The highest BCUT2D eigenvalue weighted by molar-refractivity contribution is 5.67. The summed E-state index contributed by atoms with van der Waals surface area (Å²) in [5.74, 6) is 0. The van der Waals surface area contributed by atoms with Crippen molar-refractivity contribution in [3.63, 3.8) is 0 Å². The van der Waals surface area contributed by atoms with Gasteiger partial charge in [-0.15, -0.1) is 0 Å². The first-order valence-corrected chi connectivity index (χ1v) is 11.8. The second-order valence-electron chi connectivity index (χ2n) is 8.45. The van der Waals surface area contributed by atoms with Crippen LogP contribution in [0.5, 0.6) is 0 Å². The lowest BCUT2D eigenvalue weighted by Crippen LogP contribution is -1.89. The molecule has 0 saturated carbocycles. The van der Waals surface area contributed by atoms with Gasteiger partial charge in [0.2, 0.25) is 12.2 Å². The van der Waals surface area contributed by atoms with Gasteiger partial charge in [0, 0.05) is 0 Å². The second kappa shape index (κ2) is 12.2. The predicted octanol–water partition coefficient (Wildman–Crippen LogP) is 7.91. The van der Waals surface area contributed by atoms with Crippen molar-refractivity contribution in [2.75, 3.05) is 0 Å². The number of isocyanates is 2. The van der Waals surface area contributed by atoms with Crippen molar-refractivity contribution in [2.45, 2.75) is 32.1 Å². The van der Waals surface area contributed by atoms with Gasteiger partial charge in [-0.25, -0.2) is 9.59 Å². The Hall–Kier alpha value is -4.36. The molecule has 0 aromatic heterocycles. The molecule has 0 aliphatic carbocycles. The van der Waals surface area contributed by atoms with E-state index >= 15 is 0 Å². The number of benzene rings is 4. The third-order valence-electron chi connectivity index (χ3n) is 6.09. The van der Waals surface area contributed by atoms with Crippen LogP contribution in [0.1, 0.15) is 30.4 Å². The minimum atomic E-state index is 0.619. The van der Waals surface area contributed by atoms with Crippen LogP contribution in [0.3, 0.4) is 0 Å². The van der Waals surface area contributed by atoms with Gasteiger partial charge in [0.25, 0.3) is 0 Å². The molecule has 0 N–H and O–H groups in total. The van der Waals surface area contributed by atoms with Crippen LogP contribution in [0, 0.1) is 0 Å². The maximum atomic E-state index is 10.3. The van der Waals surface area contributed by atoms with E-state index in [1.807, 2.05) is 48.5 Å². The molecule has 4 nitrogen and oxygen atoms in total. The fourth-order valence-corrected chi connectivity index (χ4v) is 4.12. The fourth-order valence-electron chi connectivity index (χ4n) is 4.12. The molecule has 0 unspecified atom stereocenters. The summed E-state index contributed by atoms with van der Waals surface area (Å²) in [5.41, 5.74) is 8.47. The number of nitrogens with zero attached hydrogens (tertiary/aromatic N) is 2. The highest BCUT2D eigenvalue weighted by Crippen LogP contribution is 2.25. The quantitative estimate of drug-likeness (QED) is 0.138. The van der Waals surface area contributed by atoms with Crippen LogP contribution in [-0.2, 0) is 22.4 Å². The average Bonchev–Trinajstić information content (AvgIpc) is 2.91. The minimum absolute atomic E-state index is 0.619. The van der Waals surface area contributed by atoms with E-state index in [-0.39, 0.29) is 0 Å². The zero-order valence-electron chi connectivity index (χ0n) is 19.5. The van der Waals surface area contributed by atoms with Gasteiger partial charge in [0.15, 0.2) is 0 Å². The first-order valence-electron chi connectivity index (χ1n) is 11.8. The number of unbranched alkanes of at least 4 members (excludes halogenated alkanes) is 2. The lowest BCUT2D eigenvalue weighted by Gasteiger charge is -2.07. The Kier molecular flexibility index (Phi) is 8.29. The summed E-state index contributed by atoms with van der Waals surface area (Å²) < 4.78 is 0. The molecule has 4 aromatic rings. The molecule has 0 saturated heterocycles. The molecule has 4 heteroatoms. The van der Waals surface area contributed by atoms with Crippen LogP contribution in [0.25, 0.3) is 22.3 Å². The molecular formula is C31H26N2O2. The standard InChI is InChI=1S/C31H26N2O2/c34-22-32-30-18-14-28(15-19-30)26-10-6-24(7-11-26)4-2-1-3-5-25-8-12-27(13-9-25)29-16-20-31(21-17-29)33-23-35/h6-21H,1-5H2. The van der Waals surface area contributed by atoms with Gasteiger partial charge in [-0.1, -0.05) is 79.2 Å². The van der Waals surface area contributed by atoms with Gasteiger partial charge in [0.1, 0.15) is 0 Å². The fraction of sp³-hybridized carbons (Fsp3) is 0.161. The SMILES string of the molecule is O=C=Nc1ccc(-c2ccc(CCCCCc3ccc(-c4ccc(N=C=O)cc4)cc3)cc2)cc1. The monoisotopic (exact) mass is 458 g/mol. The maximum Gasteiger partial charge on any atom is 0.240 e. The molecule has 0 bridgehead atoms. The Balaban J connectivity index is 1.20. The molecular weight excluding hydrogens is 432 g/mol. The number of rotatable bonds is 10. The predicted molar refractivity (Wildman–Crippen MR) is 141 cm³/mol.